The smallest absolute Gasteiger partial charge is 0.134 e. The van der Waals surface area contributed by atoms with Gasteiger partial charge in [0.2, 0.25) is 0 Å². The van der Waals surface area contributed by atoms with Crippen LogP contribution in [0.3, 0.4) is 0 Å². The van der Waals surface area contributed by atoms with Gasteiger partial charge in [-0.15, -0.1) is 12.4 Å². The Hall–Kier alpha value is -0.810. The van der Waals surface area contributed by atoms with Crippen molar-refractivity contribution in [2.45, 2.75) is 32.4 Å². The van der Waals surface area contributed by atoms with Crippen LogP contribution in [-0.2, 0) is 11.3 Å². The number of hydrogen-bond donors (Lipinski definition) is 1. The average molecular weight is 387 g/mol. The van der Waals surface area contributed by atoms with Gasteiger partial charge in [-0.2, -0.15) is 0 Å². The lowest BCUT2D eigenvalue weighted by atomic mass is 10.1. The molecule has 1 saturated heterocycles. The molecular weight excluding hydrogens is 366 g/mol. The Labute approximate surface area is 146 Å². The summed E-state index contributed by atoms with van der Waals surface area (Å²) >= 11 is 3.49. The minimum atomic E-state index is 0. The fraction of sp³-hybridized carbons (Fsp3) is 0.412. The third-order valence-electron chi connectivity index (χ3n) is 3.81. The van der Waals surface area contributed by atoms with E-state index in [-0.39, 0.29) is 12.4 Å². The van der Waals surface area contributed by atoms with E-state index in [0.717, 1.165) is 47.7 Å². The highest BCUT2D eigenvalue weighted by molar-refractivity contribution is 9.10. The van der Waals surface area contributed by atoms with Crippen molar-refractivity contribution in [2.24, 2.45) is 0 Å². The molecule has 0 saturated carbocycles. The van der Waals surface area contributed by atoms with E-state index in [4.69, 9.17) is 9.15 Å². The predicted molar refractivity (Wildman–Crippen MR) is 94.5 cm³/mol. The van der Waals surface area contributed by atoms with Gasteiger partial charge in [-0.05, 0) is 55.7 Å². The van der Waals surface area contributed by atoms with Crippen molar-refractivity contribution in [3.63, 3.8) is 0 Å². The van der Waals surface area contributed by atoms with Gasteiger partial charge < -0.3 is 14.5 Å². The Morgan fingerprint density at radius 2 is 2.14 bits per heavy atom. The Bertz CT molecular complexity index is 608. The molecule has 1 unspecified atom stereocenters. The SMILES string of the molecule is Cc1cc(Br)ccc1-c1ccc(CNCC2CCCO2)o1.Cl. The third kappa shape index (κ3) is 4.35. The van der Waals surface area contributed by atoms with Crippen LogP contribution in [0, 0.1) is 6.92 Å². The lowest BCUT2D eigenvalue weighted by molar-refractivity contribution is 0.109. The highest BCUT2D eigenvalue weighted by Gasteiger charge is 2.15. The maximum atomic E-state index is 5.94. The van der Waals surface area contributed by atoms with Crippen LogP contribution in [0.15, 0.2) is 39.2 Å². The van der Waals surface area contributed by atoms with Crippen LogP contribution in [0.2, 0.25) is 0 Å². The van der Waals surface area contributed by atoms with E-state index in [1.165, 1.54) is 12.0 Å². The second-order valence-corrected chi connectivity index (χ2v) is 6.41. The molecule has 0 aliphatic carbocycles. The average Bonchev–Trinajstić information content (AvgIpc) is 3.10. The maximum Gasteiger partial charge on any atom is 0.134 e. The van der Waals surface area contributed by atoms with Crippen molar-refractivity contribution < 1.29 is 9.15 Å². The van der Waals surface area contributed by atoms with E-state index in [2.05, 4.69) is 40.3 Å². The fourth-order valence-corrected chi connectivity index (χ4v) is 3.16. The monoisotopic (exact) mass is 385 g/mol. The first-order valence-corrected chi connectivity index (χ1v) is 8.19. The molecule has 0 bridgehead atoms. The lowest BCUT2D eigenvalue weighted by Gasteiger charge is -2.09. The molecule has 2 heterocycles. The number of aryl methyl sites for hydroxylation is 1. The van der Waals surface area contributed by atoms with E-state index < -0.39 is 0 Å². The Morgan fingerprint density at radius 1 is 1.27 bits per heavy atom. The summed E-state index contributed by atoms with van der Waals surface area (Å²) in [6.07, 6.45) is 2.71. The maximum absolute atomic E-state index is 5.94. The van der Waals surface area contributed by atoms with Crippen LogP contribution in [-0.4, -0.2) is 19.3 Å². The molecule has 0 spiro atoms. The minimum absolute atomic E-state index is 0. The molecule has 1 aromatic heterocycles. The lowest BCUT2D eigenvalue weighted by Crippen LogP contribution is -2.25. The van der Waals surface area contributed by atoms with Crippen molar-refractivity contribution >= 4 is 28.3 Å². The van der Waals surface area contributed by atoms with Crippen LogP contribution < -0.4 is 5.32 Å². The van der Waals surface area contributed by atoms with Crippen molar-refractivity contribution in [3.05, 3.63) is 46.1 Å². The van der Waals surface area contributed by atoms with Gasteiger partial charge in [-0.1, -0.05) is 15.9 Å². The molecule has 1 aromatic carbocycles. The topological polar surface area (TPSA) is 34.4 Å². The van der Waals surface area contributed by atoms with Gasteiger partial charge in [0.15, 0.2) is 0 Å². The quantitative estimate of drug-likeness (QED) is 0.808. The molecule has 1 N–H and O–H groups in total. The molecule has 1 aliphatic rings. The number of furan rings is 1. The zero-order valence-corrected chi connectivity index (χ0v) is 15.0. The normalized spacial score (nSPS) is 17.5. The van der Waals surface area contributed by atoms with Gasteiger partial charge >= 0.3 is 0 Å². The molecule has 2 aromatic rings. The summed E-state index contributed by atoms with van der Waals surface area (Å²) in [5, 5.41) is 3.41. The summed E-state index contributed by atoms with van der Waals surface area (Å²) in [6, 6.07) is 10.3. The molecular formula is C17H21BrClNO2. The Morgan fingerprint density at radius 3 is 2.86 bits per heavy atom. The van der Waals surface area contributed by atoms with E-state index in [1.54, 1.807) is 0 Å². The number of halogens is 2. The first-order valence-electron chi connectivity index (χ1n) is 7.40. The van der Waals surface area contributed by atoms with Gasteiger partial charge in [0, 0.05) is 23.2 Å². The molecule has 1 atom stereocenters. The van der Waals surface area contributed by atoms with Crippen LogP contribution >= 0.6 is 28.3 Å². The molecule has 3 nitrogen and oxygen atoms in total. The zero-order chi connectivity index (χ0) is 14.7. The Kier molecular flexibility index (Phi) is 6.50. The van der Waals surface area contributed by atoms with Crippen molar-refractivity contribution in [3.8, 4) is 11.3 Å². The molecule has 0 radical (unpaired) electrons. The van der Waals surface area contributed by atoms with E-state index in [0.29, 0.717) is 6.10 Å². The number of nitrogens with one attached hydrogen (secondary N) is 1. The van der Waals surface area contributed by atoms with Gasteiger partial charge in [0.05, 0.1) is 12.6 Å². The minimum Gasteiger partial charge on any atom is -0.460 e. The van der Waals surface area contributed by atoms with Crippen molar-refractivity contribution in [1.82, 2.24) is 5.32 Å². The van der Waals surface area contributed by atoms with Crippen molar-refractivity contribution in [1.29, 1.82) is 0 Å². The highest BCUT2D eigenvalue weighted by atomic mass is 79.9. The number of hydrogen-bond acceptors (Lipinski definition) is 3. The van der Waals surface area contributed by atoms with Crippen LogP contribution in [0.4, 0.5) is 0 Å². The van der Waals surface area contributed by atoms with Gasteiger partial charge in [-0.25, -0.2) is 0 Å². The largest absolute Gasteiger partial charge is 0.460 e. The van der Waals surface area contributed by atoms with Crippen LogP contribution in [0.5, 0.6) is 0 Å². The number of ether oxygens (including phenoxy) is 1. The molecule has 3 rings (SSSR count). The van der Waals surface area contributed by atoms with Crippen molar-refractivity contribution in [2.75, 3.05) is 13.2 Å². The molecule has 1 aliphatic heterocycles. The highest BCUT2D eigenvalue weighted by Crippen LogP contribution is 2.27. The molecule has 1 fully saturated rings. The summed E-state index contributed by atoms with van der Waals surface area (Å²) in [5.74, 6) is 1.89. The molecule has 120 valence electrons. The summed E-state index contributed by atoms with van der Waals surface area (Å²) in [5.41, 5.74) is 2.35. The number of benzene rings is 1. The first kappa shape index (κ1) is 17.5. The molecule has 5 heteroatoms. The summed E-state index contributed by atoms with van der Waals surface area (Å²) < 4.78 is 12.6. The van der Waals surface area contributed by atoms with Gasteiger partial charge in [0.1, 0.15) is 11.5 Å². The third-order valence-corrected chi connectivity index (χ3v) is 4.30. The second-order valence-electron chi connectivity index (χ2n) is 5.49. The van der Waals surface area contributed by atoms with E-state index in [9.17, 15) is 0 Å². The predicted octanol–water partition coefficient (Wildman–Crippen LogP) is 4.71. The second kappa shape index (κ2) is 8.16. The van der Waals surface area contributed by atoms with Gasteiger partial charge in [0.25, 0.3) is 0 Å². The van der Waals surface area contributed by atoms with E-state index >= 15 is 0 Å². The fourth-order valence-electron chi connectivity index (χ4n) is 2.68. The summed E-state index contributed by atoms with van der Waals surface area (Å²) in [6.45, 7) is 4.64. The summed E-state index contributed by atoms with van der Waals surface area (Å²) in [7, 11) is 0. The van der Waals surface area contributed by atoms with Gasteiger partial charge in [-0.3, -0.25) is 0 Å². The Balaban J connectivity index is 0.00000176. The summed E-state index contributed by atoms with van der Waals surface area (Å²) in [4.78, 5) is 0. The first-order chi connectivity index (χ1) is 10.2. The standard InChI is InChI=1S/C17H20BrNO2.ClH/c1-12-9-13(18)4-6-16(12)17-7-5-15(21-17)11-19-10-14-3-2-8-20-14;/h4-7,9,14,19H,2-3,8,10-11H2,1H3;1H. The number of rotatable bonds is 5. The molecule has 0 amide bonds. The van der Waals surface area contributed by atoms with E-state index in [1.807, 2.05) is 18.2 Å². The molecule has 22 heavy (non-hydrogen) atoms. The van der Waals surface area contributed by atoms with Crippen LogP contribution in [0.1, 0.15) is 24.2 Å². The zero-order valence-electron chi connectivity index (χ0n) is 12.6. The van der Waals surface area contributed by atoms with Crippen LogP contribution in [0.25, 0.3) is 11.3 Å².